The number of amides is 1. The second kappa shape index (κ2) is 8.29. The normalized spacial score (nSPS) is 16.8. The number of carbonyl (C=O) groups is 1. The van der Waals surface area contributed by atoms with Gasteiger partial charge in [-0.15, -0.1) is 6.58 Å². The van der Waals surface area contributed by atoms with E-state index in [2.05, 4.69) is 23.7 Å². The predicted molar refractivity (Wildman–Crippen MR) is 71.9 cm³/mol. The molecule has 0 spiro atoms. The summed E-state index contributed by atoms with van der Waals surface area (Å²) >= 11 is 0. The number of nitrogens with zero attached hydrogens (tertiary/aromatic N) is 1. The van der Waals surface area contributed by atoms with Gasteiger partial charge in [-0.3, -0.25) is 4.79 Å². The van der Waals surface area contributed by atoms with E-state index < -0.39 is 0 Å². The minimum Gasteiger partial charge on any atom is -0.342 e. The summed E-state index contributed by atoms with van der Waals surface area (Å²) in [5.41, 5.74) is 0. The summed E-state index contributed by atoms with van der Waals surface area (Å²) in [5.74, 6) is 0.987. The minimum atomic E-state index is 0.297. The molecule has 1 amide bonds. The maximum atomic E-state index is 12.0. The highest BCUT2D eigenvalue weighted by molar-refractivity contribution is 5.76. The Hall–Kier alpha value is -0.830. The van der Waals surface area contributed by atoms with E-state index in [1.54, 1.807) is 0 Å². The maximum Gasteiger partial charge on any atom is 0.222 e. The Bertz CT molecular complexity index is 234. The molecule has 0 bridgehead atoms. The molecule has 0 aliphatic carbocycles. The monoisotopic (exact) mass is 238 g/mol. The van der Waals surface area contributed by atoms with Crippen molar-refractivity contribution in [1.29, 1.82) is 0 Å². The summed E-state index contributed by atoms with van der Waals surface area (Å²) in [7, 11) is 0. The molecule has 1 N–H and O–H groups in total. The maximum absolute atomic E-state index is 12.0. The molecule has 0 radical (unpaired) electrons. The van der Waals surface area contributed by atoms with Crippen molar-refractivity contribution in [1.82, 2.24) is 10.2 Å². The molecule has 0 unspecified atom stereocenters. The van der Waals surface area contributed by atoms with Crippen LogP contribution in [0.5, 0.6) is 0 Å². The first-order valence-corrected chi connectivity index (χ1v) is 6.87. The molecule has 98 valence electrons. The lowest BCUT2D eigenvalue weighted by atomic mass is 9.97. The van der Waals surface area contributed by atoms with E-state index in [-0.39, 0.29) is 0 Å². The van der Waals surface area contributed by atoms with Gasteiger partial charge >= 0.3 is 0 Å². The van der Waals surface area contributed by atoms with E-state index >= 15 is 0 Å². The second-order valence-electron chi connectivity index (χ2n) is 4.86. The summed E-state index contributed by atoms with van der Waals surface area (Å²) in [5, 5.41) is 3.37. The van der Waals surface area contributed by atoms with E-state index in [1.807, 2.05) is 6.08 Å². The number of carbonyl (C=O) groups excluding carboxylic acids is 1. The van der Waals surface area contributed by atoms with Crippen LogP contribution in [0.1, 0.15) is 39.0 Å². The number of allylic oxidation sites excluding steroid dienone is 1. The van der Waals surface area contributed by atoms with E-state index in [4.69, 9.17) is 0 Å². The molecule has 1 rings (SSSR count). The van der Waals surface area contributed by atoms with Gasteiger partial charge in [-0.2, -0.15) is 0 Å². The molecule has 1 aliphatic rings. The Morgan fingerprint density at radius 2 is 2.18 bits per heavy atom. The van der Waals surface area contributed by atoms with Crippen molar-refractivity contribution in [2.75, 3.05) is 26.2 Å². The number of nitrogens with one attached hydrogen (secondary N) is 1. The van der Waals surface area contributed by atoms with Crippen LogP contribution in [-0.2, 0) is 4.79 Å². The number of hydrogen-bond acceptors (Lipinski definition) is 2. The van der Waals surface area contributed by atoms with Gasteiger partial charge in [0.2, 0.25) is 5.91 Å². The van der Waals surface area contributed by atoms with Crippen LogP contribution in [0, 0.1) is 5.92 Å². The summed E-state index contributed by atoms with van der Waals surface area (Å²) in [4.78, 5) is 14.1. The summed E-state index contributed by atoms with van der Waals surface area (Å²) in [6, 6.07) is 0. The number of rotatable bonds is 7. The SMILES string of the molecule is C=CCCC(=O)N(CCC)CC1CCNCC1. The van der Waals surface area contributed by atoms with Crippen LogP contribution < -0.4 is 5.32 Å². The van der Waals surface area contributed by atoms with Crippen LogP contribution in [0.25, 0.3) is 0 Å². The van der Waals surface area contributed by atoms with E-state index in [1.165, 1.54) is 12.8 Å². The minimum absolute atomic E-state index is 0.297. The summed E-state index contributed by atoms with van der Waals surface area (Å²) < 4.78 is 0. The zero-order valence-electron chi connectivity index (χ0n) is 11.1. The van der Waals surface area contributed by atoms with Crippen molar-refractivity contribution in [3.63, 3.8) is 0 Å². The number of hydrogen-bond donors (Lipinski definition) is 1. The van der Waals surface area contributed by atoms with Crippen LogP contribution in [-0.4, -0.2) is 37.0 Å². The van der Waals surface area contributed by atoms with Gasteiger partial charge in [0, 0.05) is 19.5 Å². The molecule has 1 aliphatic heterocycles. The summed E-state index contributed by atoms with van der Waals surface area (Å²) in [6.07, 6.45) is 6.70. The zero-order chi connectivity index (χ0) is 12.5. The molecule has 0 aromatic rings. The Morgan fingerprint density at radius 3 is 2.76 bits per heavy atom. The van der Waals surface area contributed by atoms with Crippen LogP contribution in [0.4, 0.5) is 0 Å². The Kier molecular flexibility index (Phi) is 6.94. The summed E-state index contributed by atoms with van der Waals surface area (Å²) in [6.45, 7) is 9.87. The van der Waals surface area contributed by atoms with Crippen molar-refractivity contribution >= 4 is 5.91 Å². The van der Waals surface area contributed by atoms with Gasteiger partial charge in [0.15, 0.2) is 0 Å². The van der Waals surface area contributed by atoms with E-state index in [0.29, 0.717) is 18.2 Å². The fourth-order valence-corrected chi connectivity index (χ4v) is 2.35. The first-order valence-electron chi connectivity index (χ1n) is 6.87. The standard InChI is InChI=1S/C14H26N2O/c1-3-5-6-14(17)16(11-4-2)12-13-7-9-15-10-8-13/h3,13,15H,1,4-12H2,2H3. The van der Waals surface area contributed by atoms with Crippen LogP contribution >= 0.6 is 0 Å². The lowest BCUT2D eigenvalue weighted by Crippen LogP contribution is -2.39. The molecule has 1 saturated heterocycles. The Labute approximate surface area is 105 Å². The fourth-order valence-electron chi connectivity index (χ4n) is 2.35. The highest BCUT2D eigenvalue weighted by Gasteiger charge is 2.19. The van der Waals surface area contributed by atoms with Crippen molar-refractivity contribution < 1.29 is 4.79 Å². The smallest absolute Gasteiger partial charge is 0.222 e. The molecule has 0 saturated carbocycles. The molecule has 3 heteroatoms. The van der Waals surface area contributed by atoms with E-state index in [9.17, 15) is 4.79 Å². The zero-order valence-corrected chi connectivity index (χ0v) is 11.1. The molecular formula is C14H26N2O. The molecule has 3 nitrogen and oxygen atoms in total. The topological polar surface area (TPSA) is 32.3 Å². The quantitative estimate of drug-likeness (QED) is 0.690. The van der Waals surface area contributed by atoms with Gasteiger partial charge in [-0.05, 0) is 44.7 Å². The second-order valence-corrected chi connectivity index (χ2v) is 4.86. The number of piperidine rings is 1. The molecule has 0 atom stereocenters. The average molecular weight is 238 g/mol. The fraction of sp³-hybridized carbons (Fsp3) is 0.786. The van der Waals surface area contributed by atoms with Crippen molar-refractivity contribution in [2.45, 2.75) is 39.0 Å². The molecule has 0 aromatic carbocycles. The van der Waals surface area contributed by atoms with Crippen molar-refractivity contribution in [3.8, 4) is 0 Å². The highest BCUT2D eigenvalue weighted by Crippen LogP contribution is 2.14. The van der Waals surface area contributed by atoms with Crippen molar-refractivity contribution in [3.05, 3.63) is 12.7 Å². The third-order valence-electron chi connectivity index (χ3n) is 3.35. The molecule has 17 heavy (non-hydrogen) atoms. The van der Waals surface area contributed by atoms with Gasteiger partial charge in [0.05, 0.1) is 0 Å². The van der Waals surface area contributed by atoms with Gasteiger partial charge in [-0.1, -0.05) is 13.0 Å². The molecule has 1 fully saturated rings. The third-order valence-corrected chi connectivity index (χ3v) is 3.35. The third kappa shape index (κ3) is 5.35. The van der Waals surface area contributed by atoms with Crippen LogP contribution in [0.3, 0.4) is 0 Å². The predicted octanol–water partition coefficient (Wildman–Crippen LogP) is 2.19. The molecular weight excluding hydrogens is 212 g/mol. The molecule has 1 heterocycles. The van der Waals surface area contributed by atoms with Gasteiger partial charge in [-0.25, -0.2) is 0 Å². The Morgan fingerprint density at radius 1 is 1.47 bits per heavy atom. The largest absolute Gasteiger partial charge is 0.342 e. The van der Waals surface area contributed by atoms with Gasteiger partial charge in [0.25, 0.3) is 0 Å². The van der Waals surface area contributed by atoms with Crippen molar-refractivity contribution in [2.24, 2.45) is 5.92 Å². The van der Waals surface area contributed by atoms with E-state index in [0.717, 1.165) is 39.0 Å². The lowest BCUT2D eigenvalue weighted by Gasteiger charge is -2.30. The highest BCUT2D eigenvalue weighted by atomic mass is 16.2. The average Bonchev–Trinajstić information content (AvgIpc) is 2.36. The van der Waals surface area contributed by atoms with Gasteiger partial charge < -0.3 is 10.2 Å². The lowest BCUT2D eigenvalue weighted by molar-refractivity contribution is -0.132. The first kappa shape index (κ1) is 14.2. The van der Waals surface area contributed by atoms with Crippen LogP contribution in [0.2, 0.25) is 0 Å². The first-order chi connectivity index (χ1) is 8.27. The van der Waals surface area contributed by atoms with Gasteiger partial charge in [0.1, 0.15) is 0 Å². The Balaban J connectivity index is 2.39. The molecule has 0 aromatic heterocycles. The van der Waals surface area contributed by atoms with Crippen LogP contribution in [0.15, 0.2) is 12.7 Å².